The smallest absolute Gasteiger partial charge is 0.349 e. The Bertz CT molecular complexity index is 734. The lowest BCUT2D eigenvalue weighted by molar-refractivity contribution is 0.0602. The first-order valence-corrected chi connectivity index (χ1v) is 10.3. The Morgan fingerprint density at radius 2 is 2.24 bits per heavy atom. The van der Waals surface area contributed by atoms with E-state index in [0.717, 1.165) is 11.3 Å². The molecule has 21 heavy (non-hydrogen) atoms. The van der Waals surface area contributed by atoms with Gasteiger partial charge in [-0.2, -0.15) is 0 Å². The molecule has 2 heterocycles. The lowest BCUT2D eigenvalue weighted by atomic mass is 10.1. The summed E-state index contributed by atoms with van der Waals surface area (Å²) < 4.78 is 54.0. The molecule has 2 rings (SSSR count). The molecule has 10 heteroatoms. The van der Waals surface area contributed by atoms with E-state index in [1.165, 1.54) is 18.6 Å². The summed E-state index contributed by atoms with van der Waals surface area (Å²) in [4.78, 5) is 11.4. The summed E-state index contributed by atoms with van der Waals surface area (Å²) in [6, 6.07) is 1.32. The van der Waals surface area contributed by atoms with Crippen LogP contribution in [0.2, 0.25) is 0 Å². The molecule has 1 atom stereocenters. The van der Waals surface area contributed by atoms with E-state index < -0.39 is 25.8 Å². The Balaban J connectivity index is 2.09. The number of ether oxygens (including phenoxy) is 1. The van der Waals surface area contributed by atoms with Crippen LogP contribution in [0, 0.1) is 5.92 Å². The SMILES string of the molecule is COC(=O)c1sccc1S(=O)(=O)NCC1CCS(=O)(=O)C1. The van der Waals surface area contributed by atoms with Crippen molar-refractivity contribution in [1.29, 1.82) is 0 Å². The second-order valence-electron chi connectivity index (χ2n) is 4.73. The van der Waals surface area contributed by atoms with Crippen LogP contribution in [0.5, 0.6) is 0 Å². The number of hydrogen-bond acceptors (Lipinski definition) is 7. The van der Waals surface area contributed by atoms with Gasteiger partial charge in [-0.15, -0.1) is 11.3 Å². The zero-order chi connectivity index (χ0) is 15.7. The number of carbonyl (C=O) groups is 1. The van der Waals surface area contributed by atoms with Crippen LogP contribution in [0.4, 0.5) is 0 Å². The van der Waals surface area contributed by atoms with Crippen LogP contribution in [-0.2, 0) is 24.6 Å². The number of carbonyl (C=O) groups excluding carboxylic acids is 1. The molecule has 1 aliphatic rings. The summed E-state index contributed by atoms with van der Waals surface area (Å²) >= 11 is 0.977. The molecule has 0 saturated carbocycles. The third-order valence-electron chi connectivity index (χ3n) is 3.18. The first-order valence-electron chi connectivity index (χ1n) is 6.11. The van der Waals surface area contributed by atoms with Crippen molar-refractivity contribution in [1.82, 2.24) is 4.72 Å². The van der Waals surface area contributed by atoms with Gasteiger partial charge in [-0.05, 0) is 23.8 Å². The number of methoxy groups -OCH3 is 1. The summed E-state index contributed by atoms with van der Waals surface area (Å²) in [6.07, 6.45) is 0.443. The van der Waals surface area contributed by atoms with Crippen molar-refractivity contribution in [2.24, 2.45) is 5.92 Å². The predicted molar refractivity (Wildman–Crippen MR) is 77.6 cm³/mol. The molecule has 1 unspecified atom stereocenters. The number of hydrogen-bond donors (Lipinski definition) is 1. The van der Waals surface area contributed by atoms with Gasteiger partial charge in [0.25, 0.3) is 0 Å². The summed E-state index contributed by atoms with van der Waals surface area (Å²) in [5.41, 5.74) is 0. The zero-order valence-electron chi connectivity index (χ0n) is 11.2. The number of esters is 1. The van der Waals surface area contributed by atoms with Gasteiger partial charge in [-0.25, -0.2) is 26.4 Å². The fourth-order valence-corrected chi connectivity index (χ4v) is 6.40. The Labute approximate surface area is 127 Å². The summed E-state index contributed by atoms with van der Waals surface area (Å²) in [5.74, 6) is -0.868. The summed E-state index contributed by atoms with van der Waals surface area (Å²) in [5, 5.41) is 1.49. The van der Waals surface area contributed by atoms with Gasteiger partial charge in [0, 0.05) is 6.54 Å². The third kappa shape index (κ3) is 3.82. The van der Waals surface area contributed by atoms with Crippen LogP contribution in [0.25, 0.3) is 0 Å². The molecule has 0 radical (unpaired) electrons. The van der Waals surface area contributed by atoms with E-state index in [2.05, 4.69) is 9.46 Å². The molecular formula is C11H15NO6S3. The quantitative estimate of drug-likeness (QED) is 0.761. The molecule has 1 fully saturated rings. The largest absolute Gasteiger partial charge is 0.465 e. The Morgan fingerprint density at radius 3 is 2.81 bits per heavy atom. The number of thiophene rings is 1. The molecule has 1 saturated heterocycles. The van der Waals surface area contributed by atoms with E-state index in [0.29, 0.717) is 6.42 Å². The van der Waals surface area contributed by atoms with E-state index in [-0.39, 0.29) is 33.7 Å². The van der Waals surface area contributed by atoms with E-state index in [9.17, 15) is 21.6 Å². The fourth-order valence-electron chi connectivity index (χ4n) is 2.09. The van der Waals surface area contributed by atoms with Gasteiger partial charge < -0.3 is 4.74 Å². The number of nitrogens with one attached hydrogen (secondary N) is 1. The molecule has 1 aliphatic heterocycles. The topological polar surface area (TPSA) is 107 Å². The highest BCUT2D eigenvalue weighted by atomic mass is 32.2. The van der Waals surface area contributed by atoms with Gasteiger partial charge in [0.05, 0.1) is 18.6 Å². The molecule has 118 valence electrons. The van der Waals surface area contributed by atoms with Gasteiger partial charge >= 0.3 is 5.97 Å². The first-order chi connectivity index (χ1) is 9.75. The Kier molecular flexibility index (Phi) is 4.71. The maximum absolute atomic E-state index is 12.2. The van der Waals surface area contributed by atoms with E-state index in [1.54, 1.807) is 0 Å². The lowest BCUT2D eigenvalue weighted by Crippen LogP contribution is -2.30. The molecule has 0 aromatic carbocycles. The standard InChI is InChI=1S/C11H15NO6S3/c1-18-11(13)10-9(2-4-19-10)21(16,17)12-6-8-3-5-20(14,15)7-8/h2,4,8,12H,3,5-7H2,1H3. The number of sulfonamides is 1. The molecule has 0 bridgehead atoms. The van der Waals surface area contributed by atoms with Gasteiger partial charge in [-0.3, -0.25) is 0 Å². The van der Waals surface area contributed by atoms with Crippen molar-refractivity contribution in [2.45, 2.75) is 11.3 Å². The molecule has 1 aromatic rings. The lowest BCUT2D eigenvalue weighted by Gasteiger charge is -2.10. The van der Waals surface area contributed by atoms with Gasteiger partial charge in [-0.1, -0.05) is 0 Å². The molecule has 7 nitrogen and oxygen atoms in total. The van der Waals surface area contributed by atoms with Crippen LogP contribution < -0.4 is 4.72 Å². The molecule has 0 amide bonds. The van der Waals surface area contributed by atoms with Crippen molar-refractivity contribution in [2.75, 3.05) is 25.2 Å². The predicted octanol–water partition coefficient (Wildman–Crippen LogP) is 0.248. The maximum atomic E-state index is 12.2. The van der Waals surface area contributed by atoms with Crippen molar-refractivity contribution in [3.05, 3.63) is 16.3 Å². The van der Waals surface area contributed by atoms with E-state index in [4.69, 9.17) is 0 Å². The summed E-state index contributed by atoms with van der Waals surface area (Å²) in [6.45, 7) is 0.0397. The van der Waals surface area contributed by atoms with Crippen LogP contribution in [-0.4, -0.2) is 48.0 Å². The first kappa shape index (κ1) is 16.4. The van der Waals surface area contributed by atoms with Crippen molar-refractivity contribution in [3.63, 3.8) is 0 Å². The maximum Gasteiger partial charge on any atom is 0.349 e. The van der Waals surface area contributed by atoms with Crippen molar-refractivity contribution in [3.8, 4) is 0 Å². The fraction of sp³-hybridized carbons (Fsp3) is 0.545. The van der Waals surface area contributed by atoms with Crippen LogP contribution in [0.1, 0.15) is 16.1 Å². The monoisotopic (exact) mass is 353 g/mol. The third-order valence-corrected chi connectivity index (χ3v) is 7.50. The van der Waals surface area contributed by atoms with E-state index in [1.807, 2.05) is 0 Å². The molecular weight excluding hydrogens is 338 g/mol. The highest BCUT2D eigenvalue weighted by Gasteiger charge is 2.30. The van der Waals surface area contributed by atoms with Gasteiger partial charge in [0.15, 0.2) is 9.84 Å². The number of rotatable bonds is 5. The minimum atomic E-state index is -3.86. The average Bonchev–Trinajstić information content (AvgIpc) is 3.02. The summed E-state index contributed by atoms with van der Waals surface area (Å²) in [7, 11) is -5.74. The minimum Gasteiger partial charge on any atom is -0.465 e. The minimum absolute atomic E-state index is 0.00374. The van der Waals surface area contributed by atoms with Gasteiger partial charge in [0.2, 0.25) is 10.0 Å². The van der Waals surface area contributed by atoms with Crippen LogP contribution >= 0.6 is 11.3 Å². The average molecular weight is 353 g/mol. The molecule has 1 aromatic heterocycles. The Hall–Kier alpha value is -0.970. The van der Waals surface area contributed by atoms with Crippen LogP contribution in [0.15, 0.2) is 16.3 Å². The van der Waals surface area contributed by atoms with Crippen LogP contribution in [0.3, 0.4) is 0 Å². The second-order valence-corrected chi connectivity index (χ2v) is 9.61. The second kappa shape index (κ2) is 6.03. The molecule has 0 spiro atoms. The molecule has 1 N–H and O–H groups in total. The number of sulfone groups is 1. The normalized spacial score (nSPS) is 21.3. The zero-order valence-corrected chi connectivity index (χ0v) is 13.7. The Morgan fingerprint density at radius 1 is 1.52 bits per heavy atom. The highest BCUT2D eigenvalue weighted by molar-refractivity contribution is 7.91. The van der Waals surface area contributed by atoms with E-state index >= 15 is 0 Å². The molecule has 0 aliphatic carbocycles. The highest BCUT2D eigenvalue weighted by Crippen LogP contribution is 2.23. The van der Waals surface area contributed by atoms with Crippen molar-refractivity contribution < 1.29 is 26.4 Å². The van der Waals surface area contributed by atoms with Gasteiger partial charge in [0.1, 0.15) is 9.77 Å². The van der Waals surface area contributed by atoms with Crippen molar-refractivity contribution >= 4 is 37.2 Å².